The van der Waals surface area contributed by atoms with Crippen LogP contribution >= 0.6 is 24.0 Å². The lowest BCUT2D eigenvalue weighted by atomic mass is 10.1. The van der Waals surface area contributed by atoms with E-state index in [-0.39, 0.29) is 11.6 Å². The number of aromatic nitrogens is 1. The first-order valence-corrected chi connectivity index (χ1v) is 12.8. The molecular formula is C29H19N3O3S2. The summed E-state index contributed by atoms with van der Waals surface area (Å²) in [5.74, 6) is -0.290. The van der Waals surface area contributed by atoms with Crippen LogP contribution in [-0.2, 0) is 11.3 Å². The molecule has 0 bridgehead atoms. The highest BCUT2D eigenvalue weighted by Gasteiger charge is 2.34. The van der Waals surface area contributed by atoms with Crippen molar-refractivity contribution in [2.24, 2.45) is 0 Å². The number of thiocarbonyl (C=S) groups is 1. The average Bonchev–Trinajstić information content (AvgIpc) is 3.39. The highest BCUT2D eigenvalue weighted by molar-refractivity contribution is 8.27. The number of benzene rings is 4. The Morgan fingerprint density at radius 3 is 2.54 bits per heavy atom. The van der Waals surface area contributed by atoms with Gasteiger partial charge in [-0.3, -0.25) is 19.8 Å². The van der Waals surface area contributed by atoms with E-state index < -0.39 is 4.92 Å². The molecule has 1 amide bonds. The molecule has 1 saturated heterocycles. The highest BCUT2D eigenvalue weighted by Crippen LogP contribution is 2.38. The molecule has 6 rings (SSSR count). The number of para-hydroxylation sites is 1. The minimum absolute atomic E-state index is 0.0905. The first-order valence-electron chi connectivity index (χ1n) is 11.6. The van der Waals surface area contributed by atoms with Crippen molar-refractivity contribution in [1.82, 2.24) is 4.57 Å². The maximum absolute atomic E-state index is 13.3. The van der Waals surface area contributed by atoms with Gasteiger partial charge in [0.15, 0.2) is 4.32 Å². The quantitative estimate of drug-likeness (QED) is 0.106. The number of thioether (sulfide) groups is 1. The Morgan fingerprint density at radius 1 is 0.919 bits per heavy atom. The van der Waals surface area contributed by atoms with Crippen molar-refractivity contribution in [2.75, 3.05) is 4.90 Å². The van der Waals surface area contributed by atoms with Crippen molar-refractivity contribution in [3.63, 3.8) is 0 Å². The number of hydrogen-bond donors (Lipinski definition) is 0. The summed E-state index contributed by atoms with van der Waals surface area (Å²) in [6.07, 6.45) is 3.91. The van der Waals surface area contributed by atoms with Crippen LogP contribution in [0.3, 0.4) is 0 Å². The Hall–Kier alpha value is -4.27. The monoisotopic (exact) mass is 521 g/mol. The van der Waals surface area contributed by atoms with Gasteiger partial charge in [0.05, 0.1) is 15.5 Å². The van der Waals surface area contributed by atoms with E-state index in [1.54, 1.807) is 12.1 Å². The number of carbonyl (C=O) groups excluding carboxylic acids is 1. The molecule has 37 heavy (non-hydrogen) atoms. The van der Waals surface area contributed by atoms with Gasteiger partial charge in [-0.2, -0.15) is 0 Å². The van der Waals surface area contributed by atoms with Gasteiger partial charge in [0.25, 0.3) is 11.6 Å². The molecule has 0 unspecified atom stereocenters. The third kappa shape index (κ3) is 4.30. The molecule has 0 atom stereocenters. The van der Waals surface area contributed by atoms with Crippen molar-refractivity contribution >= 4 is 73.3 Å². The molecule has 1 aliphatic heterocycles. The number of fused-ring (bicyclic) bond motifs is 2. The van der Waals surface area contributed by atoms with Gasteiger partial charge in [0, 0.05) is 41.3 Å². The predicted molar refractivity (Wildman–Crippen MR) is 154 cm³/mol. The number of amides is 1. The third-order valence-electron chi connectivity index (χ3n) is 6.37. The van der Waals surface area contributed by atoms with Crippen molar-refractivity contribution in [3.05, 3.63) is 123 Å². The lowest BCUT2D eigenvalue weighted by Gasteiger charge is -2.13. The molecule has 0 spiro atoms. The van der Waals surface area contributed by atoms with Crippen LogP contribution in [0, 0.1) is 10.1 Å². The number of nitro groups is 1. The Morgan fingerprint density at radius 2 is 1.70 bits per heavy atom. The standard InChI is InChI=1S/C29H19N3O3S2/c33-28-27(37-29(36)31(28)23-8-5-9-24(16-23)32(34)35)15-22-18-30(26-11-4-3-10-25(22)26)17-19-12-13-20-6-1-2-7-21(20)14-19/h1-16,18H,17H2/b27-15+. The molecule has 0 radical (unpaired) electrons. The third-order valence-corrected chi connectivity index (χ3v) is 7.67. The molecule has 8 heteroatoms. The second kappa shape index (κ2) is 9.31. The summed E-state index contributed by atoms with van der Waals surface area (Å²) in [4.78, 5) is 25.9. The molecular weight excluding hydrogens is 502 g/mol. The largest absolute Gasteiger partial charge is 0.342 e. The SMILES string of the molecule is O=C1/C(=C\c2cn(Cc3ccc4ccccc4c3)c3ccccc23)SC(=S)N1c1cccc([N+](=O)[O-])c1. The molecule has 1 aromatic heterocycles. The van der Waals surface area contributed by atoms with Gasteiger partial charge < -0.3 is 4.57 Å². The van der Waals surface area contributed by atoms with Crippen LogP contribution in [0.5, 0.6) is 0 Å². The topological polar surface area (TPSA) is 68.4 Å². The molecule has 4 aromatic carbocycles. The van der Waals surface area contributed by atoms with E-state index in [0.717, 1.165) is 16.5 Å². The Balaban J connectivity index is 1.35. The molecule has 1 aliphatic rings. The van der Waals surface area contributed by atoms with E-state index in [1.165, 1.54) is 45.1 Å². The molecule has 2 heterocycles. The van der Waals surface area contributed by atoms with Gasteiger partial charge in [-0.05, 0) is 40.6 Å². The predicted octanol–water partition coefficient (Wildman–Crippen LogP) is 7.16. The van der Waals surface area contributed by atoms with Gasteiger partial charge in [-0.25, -0.2) is 0 Å². The number of nitrogens with zero attached hydrogens (tertiary/aromatic N) is 3. The van der Waals surface area contributed by atoms with Crippen molar-refractivity contribution in [2.45, 2.75) is 6.54 Å². The zero-order chi connectivity index (χ0) is 25.5. The van der Waals surface area contributed by atoms with Gasteiger partial charge in [-0.1, -0.05) is 84.6 Å². The molecule has 1 fully saturated rings. The van der Waals surface area contributed by atoms with E-state index in [1.807, 2.05) is 36.4 Å². The minimum atomic E-state index is -0.485. The van der Waals surface area contributed by atoms with Crippen LogP contribution in [0.4, 0.5) is 11.4 Å². The number of non-ortho nitro benzene ring substituents is 1. The summed E-state index contributed by atoms with van der Waals surface area (Å²) in [5.41, 5.74) is 3.46. The van der Waals surface area contributed by atoms with E-state index in [2.05, 4.69) is 47.2 Å². The smallest absolute Gasteiger partial charge is 0.271 e. The molecule has 5 aromatic rings. The first kappa shape index (κ1) is 23.1. The van der Waals surface area contributed by atoms with Crippen molar-refractivity contribution in [1.29, 1.82) is 0 Å². The van der Waals surface area contributed by atoms with Gasteiger partial charge in [-0.15, -0.1) is 0 Å². The zero-order valence-electron chi connectivity index (χ0n) is 19.4. The number of nitro benzene ring substituents is 1. The molecule has 6 nitrogen and oxygen atoms in total. The number of hydrogen-bond acceptors (Lipinski definition) is 5. The highest BCUT2D eigenvalue weighted by atomic mass is 32.2. The van der Waals surface area contributed by atoms with Crippen LogP contribution < -0.4 is 4.90 Å². The second-order valence-corrected chi connectivity index (χ2v) is 10.4. The van der Waals surface area contributed by atoms with Crippen LogP contribution in [-0.4, -0.2) is 19.7 Å². The molecule has 180 valence electrons. The van der Waals surface area contributed by atoms with E-state index in [9.17, 15) is 14.9 Å². The van der Waals surface area contributed by atoms with E-state index >= 15 is 0 Å². The average molecular weight is 522 g/mol. The van der Waals surface area contributed by atoms with Crippen LogP contribution in [0.1, 0.15) is 11.1 Å². The maximum Gasteiger partial charge on any atom is 0.271 e. The first-order chi connectivity index (χ1) is 18.0. The number of carbonyl (C=O) groups is 1. The second-order valence-electron chi connectivity index (χ2n) is 8.71. The normalized spacial score (nSPS) is 14.8. The van der Waals surface area contributed by atoms with E-state index in [0.29, 0.717) is 21.5 Å². The lowest BCUT2D eigenvalue weighted by Crippen LogP contribution is -2.27. The fourth-order valence-corrected chi connectivity index (χ4v) is 5.92. The maximum atomic E-state index is 13.3. The summed E-state index contributed by atoms with van der Waals surface area (Å²) >= 11 is 6.68. The minimum Gasteiger partial charge on any atom is -0.342 e. The van der Waals surface area contributed by atoms with Crippen molar-refractivity contribution in [3.8, 4) is 0 Å². The Bertz CT molecular complexity index is 1770. The summed E-state index contributed by atoms with van der Waals surface area (Å²) < 4.78 is 2.53. The summed E-state index contributed by atoms with van der Waals surface area (Å²) in [5, 5.41) is 14.6. The molecule has 0 aliphatic carbocycles. The summed E-state index contributed by atoms with van der Waals surface area (Å²) in [7, 11) is 0. The fraction of sp³-hybridized carbons (Fsp3) is 0.0345. The Kier molecular flexibility index (Phi) is 5.82. The number of rotatable bonds is 5. The molecule has 0 saturated carbocycles. The van der Waals surface area contributed by atoms with E-state index in [4.69, 9.17) is 12.2 Å². The van der Waals surface area contributed by atoms with Crippen molar-refractivity contribution < 1.29 is 9.72 Å². The molecule has 0 N–H and O–H groups in total. The summed E-state index contributed by atoms with van der Waals surface area (Å²) in [6, 6.07) is 28.8. The van der Waals surface area contributed by atoms with Gasteiger partial charge in [0.2, 0.25) is 0 Å². The lowest BCUT2D eigenvalue weighted by molar-refractivity contribution is -0.384. The zero-order valence-corrected chi connectivity index (χ0v) is 21.0. The van der Waals surface area contributed by atoms with Crippen LogP contribution in [0.25, 0.3) is 27.8 Å². The van der Waals surface area contributed by atoms with Gasteiger partial charge in [0.1, 0.15) is 0 Å². The van der Waals surface area contributed by atoms with Crippen LogP contribution in [0.2, 0.25) is 0 Å². The fourth-order valence-electron chi connectivity index (χ4n) is 4.63. The van der Waals surface area contributed by atoms with Gasteiger partial charge >= 0.3 is 0 Å². The van der Waals surface area contributed by atoms with Crippen LogP contribution in [0.15, 0.2) is 102 Å². The number of anilines is 1. The Labute approximate surface area is 222 Å². The summed E-state index contributed by atoms with van der Waals surface area (Å²) in [6.45, 7) is 0.688.